The van der Waals surface area contributed by atoms with Gasteiger partial charge in [-0.3, -0.25) is 9.59 Å². The number of aryl methyl sites for hydroxylation is 1. The molecule has 2 saturated carbocycles. The van der Waals surface area contributed by atoms with Gasteiger partial charge in [0, 0.05) is 37.9 Å². The van der Waals surface area contributed by atoms with Crippen molar-refractivity contribution in [2.24, 2.45) is 0 Å². The van der Waals surface area contributed by atoms with E-state index >= 15 is 0 Å². The van der Waals surface area contributed by atoms with Crippen molar-refractivity contribution in [3.8, 4) is 5.75 Å². The minimum absolute atomic E-state index is 0.0413. The number of ether oxygens (including phenoxy) is 2. The highest BCUT2D eigenvalue weighted by molar-refractivity contribution is 7.20. The first kappa shape index (κ1) is 30.5. The number of hydrogen-bond acceptors (Lipinski definition) is 9. The van der Waals surface area contributed by atoms with Crippen LogP contribution < -0.4 is 26.0 Å². The second kappa shape index (κ2) is 12.3. The number of halogens is 1. The molecular formula is C30H37FN6O5S. The summed E-state index contributed by atoms with van der Waals surface area (Å²) in [4.78, 5) is 47.1. The van der Waals surface area contributed by atoms with Crippen molar-refractivity contribution in [2.75, 3.05) is 5.32 Å². The Bertz CT molecular complexity index is 1530. The lowest BCUT2D eigenvalue weighted by molar-refractivity contribution is -0.120. The lowest BCUT2D eigenvalue weighted by atomic mass is 9.89. The highest BCUT2D eigenvalue weighted by Crippen LogP contribution is 2.38. The molecule has 13 heteroatoms. The zero-order valence-electron chi connectivity index (χ0n) is 24.9. The first-order valence-corrected chi connectivity index (χ1v) is 15.2. The number of nitrogens with one attached hydrogen (secondary N) is 4. The maximum absolute atomic E-state index is 14.2. The molecule has 0 radical (unpaired) electrons. The number of benzene rings is 1. The summed E-state index contributed by atoms with van der Waals surface area (Å²) in [5.74, 6) is 0.00374. The molecule has 2 aliphatic carbocycles. The Morgan fingerprint density at radius 3 is 2.47 bits per heavy atom. The zero-order chi connectivity index (χ0) is 30.9. The van der Waals surface area contributed by atoms with Crippen LogP contribution in [0, 0.1) is 12.7 Å². The molecule has 0 bridgehead atoms. The Labute approximate surface area is 253 Å². The molecule has 2 heterocycles. The first-order chi connectivity index (χ1) is 20.4. The van der Waals surface area contributed by atoms with E-state index < -0.39 is 17.5 Å². The highest BCUT2D eigenvalue weighted by atomic mass is 32.1. The molecule has 43 heavy (non-hydrogen) atoms. The molecule has 0 spiro atoms. The second-order valence-electron chi connectivity index (χ2n) is 12.1. The van der Waals surface area contributed by atoms with Crippen LogP contribution in [0.2, 0.25) is 0 Å². The lowest BCUT2D eigenvalue weighted by Gasteiger charge is -2.36. The zero-order valence-corrected chi connectivity index (χ0v) is 25.7. The lowest BCUT2D eigenvalue weighted by Crippen LogP contribution is -2.49. The molecule has 3 aromatic rings. The van der Waals surface area contributed by atoms with Gasteiger partial charge in [-0.25, -0.2) is 19.2 Å². The number of aromatic nitrogens is 2. The molecular weight excluding hydrogens is 575 g/mol. The van der Waals surface area contributed by atoms with Crippen LogP contribution >= 0.6 is 11.3 Å². The van der Waals surface area contributed by atoms with Crippen molar-refractivity contribution in [1.82, 2.24) is 25.9 Å². The normalized spacial score (nSPS) is 21.5. The van der Waals surface area contributed by atoms with Crippen LogP contribution in [0.3, 0.4) is 0 Å². The fourth-order valence-electron chi connectivity index (χ4n) is 5.45. The highest BCUT2D eigenvalue weighted by Gasteiger charge is 2.34. The summed E-state index contributed by atoms with van der Waals surface area (Å²) < 4.78 is 25.7. The standard InChI is InChI=1S/C30H37FN6O5S/c1-15-24-26(35-22-10-9-17(31)11-23(22)41-19-12-18(13-19)34-16(2)38)32-14-33-28(24)43-25(15)27(39)36-20-7-6-8-21(20)37-29(40)42-30(3,4)5/h9-11,14,18-21H,6-8,12-13H2,1-5H3,(H,34,38)(H,36,39)(H,37,40)(H,32,33,35). The van der Waals surface area contributed by atoms with E-state index in [0.717, 1.165) is 19.3 Å². The maximum atomic E-state index is 14.2. The van der Waals surface area contributed by atoms with Gasteiger partial charge >= 0.3 is 6.09 Å². The van der Waals surface area contributed by atoms with Crippen LogP contribution in [0.5, 0.6) is 5.75 Å². The molecule has 3 amide bonds. The number of alkyl carbamates (subject to hydrolysis) is 1. The van der Waals surface area contributed by atoms with Crippen molar-refractivity contribution in [1.29, 1.82) is 0 Å². The number of thiophene rings is 1. The molecule has 1 aromatic carbocycles. The van der Waals surface area contributed by atoms with E-state index in [2.05, 4.69) is 31.2 Å². The summed E-state index contributed by atoms with van der Waals surface area (Å²) >= 11 is 1.26. The Morgan fingerprint density at radius 2 is 1.77 bits per heavy atom. The van der Waals surface area contributed by atoms with E-state index in [1.54, 1.807) is 26.8 Å². The van der Waals surface area contributed by atoms with Gasteiger partial charge in [-0.2, -0.15) is 0 Å². The smallest absolute Gasteiger partial charge is 0.407 e. The van der Waals surface area contributed by atoms with Crippen molar-refractivity contribution in [3.63, 3.8) is 0 Å². The average molecular weight is 613 g/mol. The van der Waals surface area contributed by atoms with Gasteiger partial charge in [0.1, 0.15) is 40.2 Å². The molecule has 2 aromatic heterocycles. The maximum Gasteiger partial charge on any atom is 0.407 e. The Morgan fingerprint density at radius 1 is 1.05 bits per heavy atom. The van der Waals surface area contributed by atoms with Gasteiger partial charge in [0.2, 0.25) is 5.91 Å². The Kier molecular flexibility index (Phi) is 8.72. The molecule has 2 aliphatic rings. The average Bonchev–Trinajstić information content (AvgIpc) is 3.46. The minimum Gasteiger partial charge on any atom is -0.488 e. The van der Waals surface area contributed by atoms with Crippen LogP contribution in [0.15, 0.2) is 24.5 Å². The van der Waals surface area contributed by atoms with Crippen LogP contribution in [0.1, 0.15) is 75.0 Å². The summed E-state index contributed by atoms with van der Waals surface area (Å²) in [6, 6.07) is 3.80. The molecule has 11 nitrogen and oxygen atoms in total. The third-order valence-electron chi connectivity index (χ3n) is 7.46. The molecule has 2 atom stereocenters. The van der Waals surface area contributed by atoms with E-state index in [1.807, 2.05) is 6.92 Å². The van der Waals surface area contributed by atoms with Gasteiger partial charge in [-0.1, -0.05) is 0 Å². The summed E-state index contributed by atoms with van der Waals surface area (Å²) in [5, 5.41) is 12.8. The van der Waals surface area contributed by atoms with E-state index in [9.17, 15) is 18.8 Å². The fraction of sp³-hybridized carbons (Fsp3) is 0.500. The van der Waals surface area contributed by atoms with Crippen molar-refractivity contribution >= 4 is 51.0 Å². The van der Waals surface area contributed by atoms with Gasteiger partial charge in [-0.15, -0.1) is 11.3 Å². The third-order valence-corrected chi connectivity index (χ3v) is 8.66. The largest absolute Gasteiger partial charge is 0.488 e. The van der Waals surface area contributed by atoms with E-state index in [4.69, 9.17) is 9.47 Å². The van der Waals surface area contributed by atoms with E-state index in [-0.39, 0.29) is 36.0 Å². The van der Waals surface area contributed by atoms with Crippen LogP contribution in [-0.2, 0) is 9.53 Å². The fourth-order valence-corrected chi connectivity index (χ4v) is 6.50. The number of fused-ring (bicyclic) bond motifs is 1. The van der Waals surface area contributed by atoms with Gasteiger partial charge in [0.15, 0.2) is 0 Å². The topological polar surface area (TPSA) is 144 Å². The summed E-state index contributed by atoms with van der Waals surface area (Å²) in [5.41, 5.74) is 0.608. The van der Waals surface area contributed by atoms with Gasteiger partial charge in [-0.05, 0) is 64.7 Å². The number of carbonyl (C=O) groups excluding carboxylic acids is 3. The van der Waals surface area contributed by atoms with Crippen molar-refractivity contribution in [2.45, 2.75) is 96.6 Å². The summed E-state index contributed by atoms with van der Waals surface area (Å²) in [7, 11) is 0. The Balaban J connectivity index is 1.31. The van der Waals surface area contributed by atoms with E-state index in [1.165, 1.54) is 36.7 Å². The van der Waals surface area contributed by atoms with Crippen LogP contribution in [-0.4, -0.2) is 57.7 Å². The van der Waals surface area contributed by atoms with Gasteiger partial charge in [0.25, 0.3) is 5.91 Å². The minimum atomic E-state index is -0.614. The molecule has 2 unspecified atom stereocenters. The molecule has 2 fully saturated rings. The van der Waals surface area contributed by atoms with Crippen LogP contribution in [0.25, 0.3) is 10.2 Å². The summed E-state index contributed by atoms with van der Waals surface area (Å²) in [6.07, 6.45) is 4.36. The van der Waals surface area contributed by atoms with Gasteiger partial charge in [0.05, 0.1) is 22.0 Å². The molecule has 230 valence electrons. The first-order valence-electron chi connectivity index (χ1n) is 14.4. The number of hydrogen-bond donors (Lipinski definition) is 4. The van der Waals surface area contributed by atoms with Gasteiger partial charge < -0.3 is 30.7 Å². The quantitative estimate of drug-likeness (QED) is 0.275. The van der Waals surface area contributed by atoms with Crippen LogP contribution in [0.4, 0.5) is 20.7 Å². The number of nitrogens with zero attached hydrogens (tertiary/aromatic N) is 2. The van der Waals surface area contributed by atoms with E-state index in [0.29, 0.717) is 50.8 Å². The second-order valence-corrected chi connectivity index (χ2v) is 13.1. The van der Waals surface area contributed by atoms with Crippen molar-refractivity contribution in [3.05, 3.63) is 40.8 Å². The SMILES string of the molecule is CC(=O)NC1CC(Oc2cc(F)ccc2Nc2ncnc3sc(C(=O)NC4CCCC4NC(=O)OC(C)(C)C)c(C)c23)C1. The third kappa shape index (κ3) is 7.32. The molecule has 0 aliphatic heterocycles. The van der Waals surface area contributed by atoms with Crippen molar-refractivity contribution < 1.29 is 28.2 Å². The molecule has 4 N–H and O–H groups in total. The predicted octanol–water partition coefficient (Wildman–Crippen LogP) is 5.10. The molecule has 5 rings (SSSR count). The summed E-state index contributed by atoms with van der Waals surface area (Å²) in [6.45, 7) is 8.73. The predicted molar refractivity (Wildman–Crippen MR) is 161 cm³/mol. The monoisotopic (exact) mass is 612 g/mol. The number of rotatable bonds is 8. The number of anilines is 2. The number of carbonyl (C=O) groups is 3. The Hall–Kier alpha value is -4.00. The molecule has 0 saturated heterocycles. The number of amides is 3.